The predicted molar refractivity (Wildman–Crippen MR) is 63.0 cm³/mol. The van der Waals surface area contributed by atoms with E-state index in [-0.39, 0.29) is 0 Å². The Morgan fingerprint density at radius 1 is 1.40 bits per heavy atom. The number of carbonyl (C=O) groups excluding carboxylic acids is 1. The van der Waals surface area contributed by atoms with Gasteiger partial charge in [0.15, 0.2) is 0 Å². The Morgan fingerprint density at radius 3 is 2.73 bits per heavy atom. The zero-order valence-corrected chi connectivity index (χ0v) is 10.3. The highest BCUT2D eigenvalue weighted by Gasteiger charge is 2.24. The molecule has 1 aliphatic heterocycles. The summed E-state index contributed by atoms with van der Waals surface area (Å²) < 4.78 is 0. The van der Waals surface area contributed by atoms with E-state index in [1.807, 2.05) is 0 Å². The molecule has 1 atom stereocenters. The maximum Gasteiger partial charge on any atom is 0.121 e. The van der Waals surface area contributed by atoms with Crippen LogP contribution < -0.4 is 0 Å². The van der Waals surface area contributed by atoms with E-state index in [1.165, 1.54) is 6.42 Å². The van der Waals surface area contributed by atoms with Gasteiger partial charge in [-0.2, -0.15) is 0 Å². The third kappa shape index (κ3) is 4.31. The number of likely N-dealkylation sites (N-methyl/N-ethyl adjacent to an activating group) is 1. The molecule has 1 heterocycles. The molecule has 0 aromatic rings. The lowest BCUT2D eigenvalue weighted by atomic mass is 10.00. The molecule has 1 aliphatic rings. The molecule has 88 valence electrons. The van der Waals surface area contributed by atoms with Crippen molar-refractivity contribution in [1.29, 1.82) is 0 Å². The molecule has 0 amide bonds. The SMILES string of the molecule is CC(C)CC1CN(C)CCN1CCC=O. The molecule has 1 fully saturated rings. The molecule has 3 nitrogen and oxygen atoms in total. The highest BCUT2D eigenvalue weighted by molar-refractivity contribution is 5.49. The van der Waals surface area contributed by atoms with Crippen LogP contribution in [0.1, 0.15) is 26.7 Å². The zero-order chi connectivity index (χ0) is 11.3. The normalized spacial score (nSPS) is 24.7. The highest BCUT2D eigenvalue weighted by Crippen LogP contribution is 2.16. The number of nitrogens with zero attached hydrogens (tertiary/aromatic N) is 2. The minimum atomic E-state index is 0.642. The van der Waals surface area contributed by atoms with Gasteiger partial charge in [-0.15, -0.1) is 0 Å². The minimum absolute atomic E-state index is 0.642. The second kappa shape index (κ2) is 6.23. The van der Waals surface area contributed by atoms with Gasteiger partial charge in [-0.05, 0) is 19.4 Å². The van der Waals surface area contributed by atoms with Crippen LogP contribution in [0.2, 0.25) is 0 Å². The number of hydrogen-bond donors (Lipinski definition) is 0. The van der Waals surface area contributed by atoms with Crippen molar-refractivity contribution >= 4 is 6.29 Å². The fourth-order valence-corrected chi connectivity index (χ4v) is 2.33. The molecule has 0 radical (unpaired) electrons. The number of carbonyl (C=O) groups is 1. The van der Waals surface area contributed by atoms with Gasteiger partial charge in [0.1, 0.15) is 6.29 Å². The Balaban J connectivity index is 2.45. The lowest BCUT2D eigenvalue weighted by molar-refractivity contribution is -0.108. The number of hydrogen-bond acceptors (Lipinski definition) is 3. The van der Waals surface area contributed by atoms with Gasteiger partial charge in [-0.25, -0.2) is 0 Å². The van der Waals surface area contributed by atoms with Gasteiger partial charge < -0.3 is 9.69 Å². The smallest absolute Gasteiger partial charge is 0.121 e. The lowest BCUT2D eigenvalue weighted by Gasteiger charge is -2.40. The van der Waals surface area contributed by atoms with Gasteiger partial charge in [0.25, 0.3) is 0 Å². The topological polar surface area (TPSA) is 23.6 Å². The fraction of sp³-hybridized carbons (Fsp3) is 0.917. The molecular weight excluding hydrogens is 188 g/mol. The number of piperazine rings is 1. The van der Waals surface area contributed by atoms with Crippen LogP contribution in [-0.2, 0) is 4.79 Å². The molecule has 1 unspecified atom stereocenters. The van der Waals surface area contributed by atoms with E-state index in [9.17, 15) is 4.79 Å². The fourth-order valence-electron chi connectivity index (χ4n) is 2.33. The van der Waals surface area contributed by atoms with Crippen LogP contribution in [0.4, 0.5) is 0 Å². The third-order valence-electron chi connectivity index (χ3n) is 3.09. The summed E-state index contributed by atoms with van der Waals surface area (Å²) in [5.41, 5.74) is 0. The summed E-state index contributed by atoms with van der Waals surface area (Å²) in [6.45, 7) is 8.87. The first kappa shape index (κ1) is 12.7. The maximum absolute atomic E-state index is 10.4. The van der Waals surface area contributed by atoms with E-state index >= 15 is 0 Å². The van der Waals surface area contributed by atoms with E-state index in [0.717, 1.165) is 38.4 Å². The molecular formula is C12H24N2O. The van der Waals surface area contributed by atoms with Crippen LogP contribution in [0.5, 0.6) is 0 Å². The Labute approximate surface area is 93.4 Å². The molecule has 1 saturated heterocycles. The van der Waals surface area contributed by atoms with Crippen molar-refractivity contribution in [3.63, 3.8) is 0 Å². The van der Waals surface area contributed by atoms with Gasteiger partial charge >= 0.3 is 0 Å². The van der Waals surface area contributed by atoms with Crippen LogP contribution in [0, 0.1) is 5.92 Å². The van der Waals surface area contributed by atoms with Crippen molar-refractivity contribution in [2.75, 3.05) is 33.2 Å². The van der Waals surface area contributed by atoms with Crippen molar-refractivity contribution < 1.29 is 4.79 Å². The van der Waals surface area contributed by atoms with Crippen molar-refractivity contribution in [2.24, 2.45) is 5.92 Å². The number of aldehydes is 1. The monoisotopic (exact) mass is 212 g/mol. The molecule has 0 saturated carbocycles. The van der Waals surface area contributed by atoms with Crippen molar-refractivity contribution in [1.82, 2.24) is 9.80 Å². The molecule has 0 aliphatic carbocycles. The first-order chi connectivity index (χ1) is 7.13. The Bertz CT molecular complexity index is 192. The zero-order valence-electron chi connectivity index (χ0n) is 10.3. The summed E-state index contributed by atoms with van der Waals surface area (Å²) in [5.74, 6) is 0.736. The van der Waals surface area contributed by atoms with E-state index in [0.29, 0.717) is 12.5 Å². The van der Waals surface area contributed by atoms with Gasteiger partial charge in [0.2, 0.25) is 0 Å². The van der Waals surface area contributed by atoms with Crippen LogP contribution in [-0.4, -0.2) is 55.4 Å². The highest BCUT2D eigenvalue weighted by atomic mass is 16.1. The largest absolute Gasteiger partial charge is 0.304 e. The Hall–Kier alpha value is -0.410. The molecule has 15 heavy (non-hydrogen) atoms. The van der Waals surface area contributed by atoms with Gasteiger partial charge in [0, 0.05) is 38.6 Å². The van der Waals surface area contributed by atoms with Gasteiger partial charge in [0.05, 0.1) is 0 Å². The molecule has 0 bridgehead atoms. The van der Waals surface area contributed by atoms with Crippen molar-refractivity contribution in [3.05, 3.63) is 0 Å². The summed E-state index contributed by atoms with van der Waals surface area (Å²) in [6, 6.07) is 0.642. The Morgan fingerprint density at radius 2 is 2.13 bits per heavy atom. The summed E-state index contributed by atoms with van der Waals surface area (Å²) in [7, 11) is 2.18. The predicted octanol–water partition coefficient (Wildman–Crippen LogP) is 1.24. The third-order valence-corrected chi connectivity index (χ3v) is 3.09. The average molecular weight is 212 g/mol. The van der Waals surface area contributed by atoms with Crippen molar-refractivity contribution in [2.45, 2.75) is 32.7 Å². The summed E-state index contributed by atoms with van der Waals surface area (Å²) in [6.07, 6.45) is 2.95. The molecule has 0 aromatic carbocycles. The van der Waals surface area contributed by atoms with Crippen LogP contribution in [0.15, 0.2) is 0 Å². The van der Waals surface area contributed by atoms with Crippen LogP contribution in [0.3, 0.4) is 0 Å². The minimum Gasteiger partial charge on any atom is -0.304 e. The van der Waals surface area contributed by atoms with Gasteiger partial charge in [-0.3, -0.25) is 4.90 Å². The second-order valence-electron chi connectivity index (χ2n) is 5.04. The molecule has 3 heteroatoms. The van der Waals surface area contributed by atoms with Crippen LogP contribution in [0.25, 0.3) is 0 Å². The maximum atomic E-state index is 10.4. The summed E-state index contributed by atoms with van der Waals surface area (Å²) >= 11 is 0. The summed E-state index contributed by atoms with van der Waals surface area (Å²) in [5, 5.41) is 0. The molecule has 0 spiro atoms. The number of rotatable bonds is 5. The quantitative estimate of drug-likeness (QED) is 0.641. The standard InChI is InChI=1S/C12H24N2O/c1-11(2)9-12-10-13(3)6-7-14(12)5-4-8-15/h8,11-12H,4-7,9-10H2,1-3H3. The second-order valence-corrected chi connectivity index (χ2v) is 5.04. The lowest BCUT2D eigenvalue weighted by Crippen LogP contribution is -2.52. The van der Waals surface area contributed by atoms with E-state index in [2.05, 4.69) is 30.7 Å². The first-order valence-electron chi connectivity index (χ1n) is 5.99. The first-order valence-corrected chi connectivity index (χ1v) is 5.99. The van der Waals surface area contributed by atoms with E-state index in [4.69, 9.17) is 0 Å². The van der Waals surface area contributed by atoms with Crippen LogP contribution >= 0.6 is 0 Å². The van der Waals surface area contributed by atoms with Gasteiger partial charge in [-0.1, -0.05) is 13.8 Å². The van der Waals surface area contributed by atoms with Crippen molar-refractivity contribution in [3.8, 4) is 0 Å². The van der Waals surface area contributed by atoms with E-state index in [1.54, 1.807) is 0 Å². The van der Waals surface area contributed by atoms with E-state index < -0.39 is 0 Å². The molecule has 1 rings (SSSR count). The summed E-state index contributed by atoms with van der Waals surface area (Å²) in [4.78, 5) is 15.3. The Kier molecular flexibility index (Phi) is 5.26. The molecule has 0 N–H and O–H groups in total. The average Bonchev–Trinajstić information content (AvgIpc) is 2.16. The molecule has 0 aromatic heterocycles.